The number of hydrogen-bond donors (Lipinski definition) is 1. The summed E-state index contributed by atoms with van der Waals surface area (Å²) in [5.74, 6) is -1.98. The van der Waals surface area contributed by atoms with Crippen LogP contribution < -0.4 is 0 Å². The number of halogens is 1. The third-order valence-corrected chi connectivity index (χ3v) is 5.37. The van der Waals surface area contributed by atoms with Crippen LogP contribution >= 0.6 is 11.6 Å². The number of hydrogen-bond acceptors (Lipinski definition) is 3. The number of aliphatic hydroxyl groups excluding tert-OH is 1. The van der Waals surface area contributed by atoms with Gasteiger partial charge in [-0.15, -0.1) is 0 Å². The summed E-state index contributed by atoms with van der Waals surface area (Å²) in [5, 5.41) is 11.4. The Bertz CT molecular complexity index is 996. The Morgan fingerprint density at radius 1 is 0.704 bits per heavy atom. The van der Waals surface area contributed by atoms with Crippen LogP contribution in [0.2, 0.25) is 5.02 Å². The molecule has 3 unspecified atom stereocenters. The lowest BCUT2D eigenvalue weighted by Crippen LogP contribution is -2.44. The van der Waals surface area contributed by atoms with Crippen molar-refractivity contribution in [1.82, 2.24) is 0 Å². The standard InChI is InChI=1S/C23H17ClO3/c24-16-12-10-15(11-13-16)19(14-6-2-1-3-7-14)20-21(25)17-8-4-5-9-18(17)22(26)23(20)27/h1-13,19-20,23,27H. The molecule has 0 saturated heterocycles. The van der Waals surface area contributed by atoms with E-state index in [1.165, 1.54) is 0 Å². The molecule has 3 atom stereocenters. The maximum atomic E-state index is 13.3. The van der Waals surface area contributed by atoms with Crippen LogP contribution in [0.3, 0.4) is 0 Å². The maximum absolute atomic E-state index is 13.3. The first-order valence-corrected chi connectivity index (χ1v) is 9.11. The fourth-order valence-electron chi connectivity index (χ4n) is 3.83. The first-order valence-electron chi connectivity index (χ1n) is 8.74. The molecular formula is C23H17ClO3. The number of benzene rings is 3. The van der Waals surface area contributed by atoms with Crippen molar-refractivity contribution in [1.29, 1.82) is 0 Å². The molecule has 3 aromatic carbocycles. The van der Waals surface area contributed by atoms with Crippen LogP contribution in [0, 0.1) is 5.92 Å². The Morgan fingerprint density at radius 3 is 1.85 bits per heavy atom. The highest BCUT2D eigenvalue weighted by molar-refractivity contribution is 6.30. The van der Waals surface area contributed by atoms with Crippen molar-refractivity contribution in [3.8, 4) is 0 Å². The van der Waals surface area contributed by atoms with Gasteiger partial charge in [0, 0.05) is 22.1 Å². The molecule has 0 aliphatic heterocycles. The van der Waals surface area contributed by atoms with Gasteiger partial charge in [-0.2, -0.15) is 0 Å². The van der Waals surface area contributed by atoms with E-state index in [-0.39, 0.29) is 11.3 Å². The second-order valence-corrected chi connectivity index (χ2v) is 7.12. The highest BCUT2D eigenvalue weighted by Crippen LogP contribution is 2.40. The van der Waals surface area contributed by atoms with E-state index >= 15 is 0 Å². The number of Topliss-reactive ketones (excluding diaryl/α,β-unsaturated/α-hetero) is 2. The molecule has 4 heteroatoms. The Kier molecular flexibility index (Phi) is 4.65. The molecule has 1 N–H and O–H groups in total. The average molecular weight is 377 g/mol. The van der Waals surface area contributed by atoms with E-state index < -0.39 is 23.7 Å². The SMILES string of the molecule is O=C1c2ccccc2C(=O)C(C(c2ccccc2)c2ccc(Cl)cc2)C1O. The maximum Gasteiger partial charge on any atom is 0.192 e. The van der Waals surface area contributed by atoms with Crippen molar-refractivity contribution in [2.45, 2.75) is 12.0 Å². The number of carbonyl (C=O) groups excluding carboxylic acids is 2. The summed E-state index contributed by atoms with van der Waals surface area (Å²) in [7, 11) is 0. The summed E-state index contributed by atoms with van der Waals surface area (Å²) < 4.78 is 0. The molecule has 27 heavy (non-hydrogen) atoms. The number of rotatable bonds is 3. The van der Waals surface area contributed by atoms with Crippen molar-refractivity contribution in [3.63, 3.8) is 0 Å². The smallest absolute Gasteiger partial charge is 0.192 e. The van der Waals surface area contributed by atoms with Crippen LogP contribution in [0.5, 0.6) is 0 Å². The van der Waals surface area contributed by atoms with Crippen LogP contribution in [-0.4, -0.2) is 22.8 Å². The summed E-state index contributed by atoms with van der Waals surface area (Å²) in [6.07, 6.45) is -1.40. The zero-order chi connectivity index (χ0) is 19.0. The van der Waals surface area contributed by atoms with Crippen molar-refractivity contribution in [2.75, 3.05) is 0 Å². The van der Waals surface area contributed by atoms with Gasteiger partial charge in [0.15, 0.2) is 11.6 Å². The van der Waals surface area contributed by atoms with Gasteiger partial charge in [-0.05, 0) is 23.3 Å². The minimum atomic E-state index is -1.40. The van der Waals surface area contributed by atoms with E-state index in [2.05, 4.69) is 0 Å². The number of ketones is 2. The first-order chi connectivity index (χ1) is 13.1. The molecule has 0 bridgehead atoms. The molecule has 3 nitrogen and oxygen atoms in total. The molecule has 3 aromatic rings. The molecule has 0 fully saturated rings. The van der Waals surface area contributed by atoms with Crippen molar-refractivity contribution >= 4 is 23.2 Å². The lowest BCUT2D eigenvalue weighted by molar-refractivity contribution is 0.0475. The molecule has 1 aliphatic carbocycles. The minimum Gasteiger partial charge on any atom is -0.384 e. The molecule has 134 valence electrons. The highest BCUT2D eigenvalue weighted by atomic mass is 35.5. The highest BCUT2D eigenvalue weighted by Gasteiger charge is 2.45. The normalized spacial score (nSPS) is 20.2. The van der Waals surface area contributed by atoms with Gasteiger partial charge in [-0.3, -0.25) is 9.59 Å². The molecule has 0 amide bonds. The van der Waals surface area contributed by atoms with Gasteiger partial charge in [-0.1, -0.05) is 78.3 Å². The Labute approximate surface area is 162 Å². The predicted octanol–water partition coefficient (Wildman–Crippen LogP) is 4.53. The molecule has 4 rings (SSSR count). The minimum absolute atomic E-state index is 0.221. The Balaban J connectivity index is 1.89. The van der Waals surface area contributed by atoms with Gasteiger partial charge < -0.3 is 5.11 Å². The van der Waals surface area contributed by atoms with Crippen LogP contribution in [0.15, 0.2) is 78.9 Å². The molecule has 0 saturated carbocycles. The zero-order valence-corrected chi connectivity index (χ0v) is 15.1. The van der Waals surface area contributed by atoms with Crippen molar-refractivity contribution < 1.29 is 14.7 Å². The lowest BCUT2D eigenvalue weighted by Gasteiger charge is -2.34. The molecule has 0 spiro atoms. The van der Waals surface area contributed by atoms with Gasteiger partial charge in [0.2, 0.25) is 0 Å². The summed E-state index contributed by atoms with van der Waals surface area (Å²) in [5.41, 5.74) is 2.35. The topological polar surface area (TPSA) is 54.4 Å². The van der Waals surface area contributed by atoms with E-state index in [0.717, 1.165) is 11.1 Å². The third-order valence-electron chi connectivity index (χ3n) is 5.12. The quantitative estimate of drug-likeness (QED) is 0.730. The van der Waals surface area contributed by atoms with Gasteiger partial charge in [0.1, 0.15) is 6.10 Å². The van der Waals surface area contributed by atoms with Gasteiger partial charge >= 0.3 is 0 Å². The molecule has 0 radical (unpaired) electrons. The van der Waals surface area contributed by atoms with E-state index in [9.17, 15) is 14.7 Å². The number of carbonyl (C=O) groups is 2. The van der Waals surface area contributed by atoms with E-state index in [1.807, 2.05) is 42.5 Å². The van der Waals surface area contributed by atoms with Crippen LogP contribution in [-0.2, 0) is 0 Å². The average Bonchev–Trinajstić information content (AvgIpc) is 2.71. The fourth-order valence-corrected chi connectivity index (χ4v) is 3.96. The number of fused-ring (bicyclic) bond motifs is 1. The Morgan fingerprint density at radius 2 is 1.22 bits per heavy atom. The van der Waals surface area contributed by atoms with Crippen LogP contribution in [0.4, 0.5) is 0 Å². The van der Waals surface area contributed by atoms with Gasteiger partial charge in [0.25, 0.3) is 0 Å². The van der Waals surface area contributed by atoms with Crippen LogP contribution in [0.1, 0.15) is 37.8 Å². The summed E-state index contributed by atoms with van der Waals surface area (Å²) in [6, 6.07) is 23.3. The second kappa shape index (κ2) is 7.10. The summed E-state index contributed by atoms with van der Waals surface area (Å²) >= 11 is 6.03. The summed E-state index contributed by atoms with van der Waals surface area (Å²) in [6.45, 7) is 0. The summed E-state index contributed by atoms with van der Waals surface area (Å²) in [4.78, 5) is 26.1. The van der Waals surface area contributed by atoms with Gasteiger partial charge in [0.05, 0.1) is 5.92 Å². The first kappa shape index (κ1) is 17.7. The fraction of sp³-hybridized carbons (Fsp3) is 0.130. The lowest BCUT2D eigenvalue weighted by atomic mass is 9.69. The van der Waals surface area contributed by atoms with Crippen molar-refractivity contribution in [2.24, 2.45) is 5.92 Å². The Hall–Kier alpha value is -2.75. The predicted molar refractivity (Wildman–Crippen MR) is 104 cm³/mol. The van der Waals surface area contributed by atoms with Crippen molar-refractivity contribution in [3.05, 3.63) is 106 Å². The van der Waals surface area contributed by atoms with E-state index in [0.29, 0.717) is 10.6 Å². The van der Waals surface area contributed by atoms with Gasteiger partial charge in [-0.25, -0.2) is 0 Å². The monoisotopic (exact) mass is 376 g/mol. The second-order valence-electron chi connectivity index (χ2n) is 6.68. The van der Waals surface area contributed by atoms with Crippen LogP contribution in [0.25, 0.3) is 0 Å². The molecule has 0 heterocycles. The third kappa shape index (κ3) is 3.09. The molecule has 1 aliphatic rings. The largest absolute Gasteiger partial charge is 0.384 e. The number of aliphatic hydroxyl groups is 1. The van der Waals surface area contributed by atoms with E-state index in [4.69, 9.17) is 11.6 Å². The van der Waals surface area contributed by atoms with E-state index in [1.54, 1.807) is 36.4 Å². The molecule has 0 aromatic heterocycles. The molecular weight excluding hydrogens is 360 g/mol. The zero-order valence-electron chi connectivity index (χ0n) is 14.4.